The van der Waals surface area contributed by atoms with Crippen LogP contribution in [-0.2, 0) is 5.54 Å². The lowest BCUT2D eigenvalue weighted by Gasteiger charge is -2.42. The molecule has 1 aliphatic carbocycles. The van der Waals surface area contributed by atoms with Gasteiger partial charge in [-0.25, -0.2) is 0 Å². The van der Waals surface area contributed by atoms with E-state index in [4.69, 9.17) is 28.9 Å². The highest BCUT2D eigenvalue weighted by Gasteiger charge is 2.43. The minimum Gasteiger partial charge on any atom is -0.393 e. The van der Waals surface area contributed by atoms with Gasteiger partial charge in [0.15, 0.2) is 10.3 Å². The van der Waals surface area contributed by atoms with E-state index in [1.807, 2.05) is 0 Å². The summed E-state index contributed by atoms with van der Waals surface area (Å²) in [6, 6.07) is 1.60. The summed E-state index contributed by atoms with van der Waals surface area (Å²) in [4.78, 5) is 0. The molecule has 1 saturated carbocycles. The third kappa shape index (κ3) is 1.59. The van der Waals surface area contributed by atoms with Crippen LogP contribution in [0.25, 0.3) is 0 Å². The minimum absolute atomic E-state index is 0.254. The summed E-state index contributed by atoms with van der Waals surface area (Å²) in [7, 11) is 0. The number of rotatable bonds is 1. The Bertz CT molecular complexity index is 366. The molecule has 2 rings (SSSR count). The summed E-state index contributed by atoms with van der Waals surface area (Å²) < 4.78 is 0. The lowest BCUT2D eigenvalue weighted by atomic mass is 9.71. The van der Waals surface area contributed by atoms with Crippen LogP contribution in [0.1, 0.15) is 18.4 Å². The van der Waals surface area contributed by atoms with Crippen molar-refractivity contribution in [1.29, 1.82) is 0 Å². The van der Waals surface area contributed by atoms with Gasteiger partial charge in [-0.2, -0.15) is 0 Å². The fourth-order valence-electron chi connectivity index (χ4n) is 1.70. The molecule has 0 bridgehead atoms. The average Bonchev–Trinajstić information content (AvgIpc) is 2.07. The molecule has 1 aliphatic rings. The number of nitrogens with zero attached hydrogens (tertiary/aromatic N) is 2. The second kappa shape index (κ2) is 3.31. The zero-order valence-electron chi connectivity index (χ0n) is 7.24. The summed E-state index contributed by atoms with van der Waals surface area (Å²) in [5, 5.41) is 17.0. The van der Waals surface area contributed by atoms with Gasteiger partial charge in [-0.15, -0.1) is 10.2 Å². The molecule has 1 fully saturated rings. The van der Waals surface area contributed by atoms with E-state index in [0.717, 1.165) is 0 Å². The summed E-state index contributed by atoms with van der Waals surface area (Å²) in [6.07, 6.45) is 0.603. The van der Waals surface area contributed by atoms with Gasteiger partial charge in [-0.3, -0.25) is 0 Å². The smallest absolute Gasteiger partial charge is 0.156 e. The molecule has 3 N–H and O–H groups in total. The van der Waals surface area contributed by atoms with Gasteiger partial charge in [0.2, 0.25) is 0 Å². The molecule has 1 aromatic rings. The molecule has 0 aromatic carbocycles. The molecule has 14 heavy (non-hydrogen) atoms. The van der Waals surface area contributed by atoms with Crippen LogP contribution in [0.3, 0.4) is 0 Å². The SMILES string of the molecule is NC1(c2cc(Cl)nnc2Cl)CC(O)C1. The predicted molar refractivity (Wildman–Crippen MR) is 53.2 cm³/mol. The van der Waals surface area contributed by atoms with E-state index in [0.29, 0.717) is 18.4 Å². The van der Waals surface area contributed by atoms with Gasteiger partial charge in [-0.1, -0.05) is 23.2 Å². The van der Waals surface area contributed by atoms with Crippen molar-refractivity contribution in [2.24, 2.45) is 5.73 Å². The van der Waals surface area contributed by atoms with Crippen LogP contribution in [0.2, 0.25) is 10.3 Å². The maximum atomic E-state index is 9.21. The summed E-state index contributed by atoms with van der Waals surface area (Å²) >= 11 is 11.5. The van der Waals surface area contributed by atoms with Crippen molar-refractivity contribution < 1.29 is 5.11 Å². The minimum atomic E-state index is -0.601. The predicted octanol–water partition coefficient (Wildman–Crippen LogP) is 1.09. The average molecular weight is 234 g/mol. The Labute approximate surface area is 91.0 Å². The van der Waals surface area contributed by atoms with Gasteiger partial charge in [-0.05, 0) is 18.9 Å². The van der Waals surface area contributed by atoms with Crippen molar-refractivity contribution in [3.05, 3.63) is 21.9 Å². The molecule has 0 saturated heterocycles. The highest BCUT2D eigenvalue weighted by molar-refractivity contribution is 6.31. The standard InChI is InChI=1S/C8H9Cl2N3O/c9-6-1-5(7(10)13-12-6)8(11)2-4(14)3-8/h1,4,14H,2-3,11H2. The number of hydrogen-bond acceptors (Lipinski definition) is 4. The fraction of sp³-hybridized carbons (Fsp3) is 0.500. The molecule has 0 aliphatic heterocycles. The third-order valence-electron chi connectivity index (χ3n) is 2.46. The highest BCUT2D eigenvalue weighted by atomic mass is 35.5. The van der Waals surface area contributed by atoms with E-state index >= 15 is 0 Å². The van der Waals surface area contributed by atoms with Crippen molar-refractivity contribution in [3.8, 4) is 0 Å². The van der Waals surface area contributed by atoms with Crippen LogP contribution < -0.4 is 5.73 Å². The van der Waals surface area contributed by atoms with Crippen molar-refractivity contribution in [2.75, 3.05) is 0 Å². The molecule has 4 nitrogen and oxygen atoms in total. The molecular weight excluding hydrogens is 225 g/mol. The number of nitrogens with two attached hydrogens (primary N) is 1. The Hall–Kier alpha value is -0.420. The van der Waals surface area contributed by atoms with Gasteiger partial charge in [0.05, 0.1) is 6.10 Å². The molecule has 0 unspecified atom stereocenters. The summed E-state index contributed by atoms with van der Waals surface area (Å²) in [6.45, 7) is 0. The maximum absolute atomic E-state index is 9.21. The first-order valence-corrected chi connectivity index (χ1v) is 4.93. The number of aromatic nitrogens is 2. The largest absolute Gasteiger partial charge is 0.393 e. The van der Waals surface area contributed by atoms with Crippen LogP contribution in [-0.4, -0.2) is 21.4 Å². The van der Waals surface area contributed by atoms with Crippen molar-refractivity contribution in [2.45, 2.75) is 24.5 Å². The first-order chi connectivity index (χ1) is 6.51. The van der Waals surface area contributed by atoms with E-state index in [9.17, 15) is 5.11 Å². The van der Waals surface area contributed by atoms with E-state index < -0.39 is 5.54 Å². The monoisotopic (exact) mass is 233 g/mol. The van der Waals surface area contributed by atoms with E-state index in [-0.39, 0.29) is 16.4 Å². The Morgan fingerprint density at radius 3 is 2.64 bits per heavy atom. The topological polar surface area (TPSA) is 72.0 Å². The maximum Gasteiger partial charge on any atom is 0.156 e. The lowest BCUT2D eigenvalue weighted by molar-refractivity contribution is 0.0208. The quantitative estimate of drug-likeness (QED) is 0.762. The normalized spacial score (nSPS) is 31.3. The molecule has 0 amide bonds. The first-order valence-electron chi connectivity index (χ1n) is 4.17. The van der Waals surface area contributed by atoms with Gasteiger partial charge in [0, 0.05) is 11.1 Å². The summed E-state index contributed by atoms with van der Waals surface area (Å²) in [5.74, 6) is 0. The van der Waals surface area contributed by atoms with Gasteiger partial charge in [0.1, 0.15) is 0 Å². The third-order valence-corrected chi connectivity index (χ3v) is 2.92. The Balaban J connectivity index is 2.36. The lowest BCUT2D eigenvalue weighted by Crippen LogP contribution is -2.51. The van der Waals surface area contributed by atoms with Crippen molar-refractivity contribution in [3.63, 3.8) is 0 Å². The Morgan fingerprint density at radius 2 is 2.07 bits per heavy atom. The molecule has 0 atom stereocenters. The van der Waals surface area contributed by atoms with Crippen molar-refractivity contribution >= 4 is 23.2 Å². The van der Waals surface area contributed by atoms with Crippen LogP contribution >= 0.6 is 23.2 Å². The fourth-order valence-corrected chi connectivity index (χ4v) is 2.13. The Morgan fingerprint density at radius 1 is 1.43 bits per heavy atom. The number of hydrogen-bond donors (Lipinski definition) is 2. The molecule has 0 spiro atoms. The zero-order chi connectivity index (χ0) is 10.3. The second-order valence-corrected chi connectivity index (χ2v) is 4.34. The second-order valence-electron chi connectivity index (χ2n) is 3.59. The molecular formula is C8H9Cl2N3O. The van der Waals surface area contributed by atoms with E-state index in [2.05, 4.69) is 10.2 Å². The van der Waals surface area contributed by atoms with Crippen molar-refractivity contribution in [1.82, 2.24) is 10.2 Å². The molecule has 76 valence electrons. The molecule has 1 aromatic heterocycles. The highest BCUT2D eigenvalue weighted by Crippen LogP contribution is 2.41. The van der Waals surface area contributed by atoms with Gasteiger partial charge in [0.25, 0.3) is 0 Å². The molecule has 6 heteroatoms. The summed E-state index contributed by atoms with van der Waals surface area (Å²) in [5.41, 5.74) is 6.07. The van der Waals surface area contributed by atoms with Crippen LogP contribution in [0.5, 0.6) is 0 Å². The van der Waals surface area contributed by atoms with Gasteiger partial charge >= 0.3 is 0 Å². The molecule has 1 heterocycles. The van der Waals surface area contributed by atoms with Crippen LogP contribution in [0.15, 0.2) is 6.07 Å². The zero-order valence-corrected chi connectivity index (χ0v) is 8.76. The number of halogens is 2. The molecule has 0 radical (unpaired) electrons. The Kier molecular flexibility index (Phi) is 2.39. The first kappa shape index (κ1) is 10.1. The number of aliphatic hydroxyl groups excluding tert-OH is 1. The van der Waals surface area contributed by atoms with E-state index in [1.54, 1.807) is 6.07 Å². The van der Waals surface area contributed by atoms with Crippen LogP contribution in [0.4, 0.5) is 0 Å². The van der Waals surface area contributed by atoms with Gasteiger partial charge < -0.3 is 10.8 Å². The van der Waals surface area contributed by atoms with Crippen LogP contribution in [0, 0.1) is 0 Å². The van der Waals surface area contributed by atoms with E-state index in [1.165, 1.54) is 0 Å². The number of aliphatic hydroxyl groups is 1.